The average molecular weight is 463 g/mol. The molecule has 2 rings (SSSR count). The number of pyridine rings is 1. The third-order valence-electron chi connectivity index (χ3n) is 4.16. The van der Waals surface area contributed by atoms with E-state index in [1.54, 1.807) is 6.08 Å². The highest BCUT2D eigenvalue weighted by molar-refractivity contribution is 7.80. The minimum atomic E-state index is -1.27. The van der Waals surface area contributed by atoms with E-state index in [-0.39, 0.29) is 24.4 Å². The van der Waals surface area contributed by atoms with Gasteiger partial charge in [-0.3, -0.25) is 14.4 Å². The van der Waals surface area contributed by atoms with E-state index in [0.717, 1.165) is 18.2 Å². The molecule has 3 amide bonds. The largest absolute Gasteiger partial charge is 0.456 e. The Hall–Kier alpha value is -3.47. The normalized spacial score (nSPS) is 20.9. The lowest BCUT2D eigenvalue weighted by Crippen LogP contribution is -2.45. The molecule has 11 heteroatoms. The molecule has 2 heterocycles. The van der Waals surface area contributed by atoms with Crippen LogP contribution in [0.3, 0.4) is 0 Å². The van der Waals surface area contributed by atoms with Crippen LogP contribution in [0.25, 0.3) is 0 Å². The topological polar surface area (TPSA) is 126 Å². The molecule has 0 fully saturated rings. The van der Waals surface area contributed by atoms with Crippen LogP contribution in [0.2, 0.25) is 0 Å². The Kier molecular flexibility index (Phi) is 9.14. The van der Waals surface area contributed by atoms with Crippen molar-refractivity contribution in [1.29, 1.82) is 0 Å². The standard InChI is InChI=1S/C21H23FN4O5S/c1-3-16-21(30)31-15(6-4-5-7-32)10-18(27)23-11-14-8-13(22)9-17(25-14)20(29)24-12(2)19(28)26-16/h3-4,6,8-9,15-16,32H,1-2,5,7,10-11H2,(H,23,27)(H,24,29)(H,26,28)/b6-4+/t15-,16+/m1/s1. The zero-order valence-electron chi connectivity index (χ0n) is 17.1. The lowest BCUT2D eigenvalue weighted by molar-refractivity contribution is -0.150. The van der Waals surface area contributed by atoms with Crippen LogP contribution >= 0.6 is 12.6 Å². The number of allylic oxidation sites excluding steroid dienone is 1. The summed E-state index contributed by atoms with van der Waals surface area (Å²) in [4.78, 5) is 53.6. The summed E-state index contributed by atoms with van der Waals surface area (Å²) in [6.45, 7) is 6.77. The number of hydrogen-bond acceptors (Lipinski definition) is 7. The number of halogens is 1. The van der Waals surface area contributed by atoms with Gasteiger partial charge in [0.1, 0.15) is 23.7 Å². The molecule has 2 bridgehead atoms. The average Bonchev–Trinajstić information content (AvgIpc) is 2.74. The minimum absolute atomic E-state index is 0.0801. The molecule has 1 aliphatic rings. The summed E-state index contributed by atoms with van der Waals surface area (Å²) in [6, 6.07) is 0.661. The number of esters is 1. The van der Waals surface area contributed by atoms with E-state index >= 15 is 0 Å². The van der Waals surface area contributed by atoms with Crippen molar-refractivity contribution in [3.8, 4) is 0 Å². The van der Waals surface area contributed by atoms with Gasteiger partial charge in [-0.25, -0.2) is 14.2 Å². The van der Waals surface area contributed by atoms with E-state index in [0.29, 0.717) is 12.2 Å². The lowest BCUT2D eigenvalue weighted by atomic mass is 10.2. The van der Waals surface area contributed by atoms with Crippen LogP contribution in [0.1, 0.15) is 29.0 Å². The predicted molar refractivity (Wildman–Crippen MR) is 117 cm³/mol. The number of aromatic nitrogens is 1. The third kappa shape index (κ3) is 7.34. The molecule has 2 atom stereocenters. The van der Waals surface area contributed by atoms with E-state index in [9.17, 15) is 23.6 Å². The van der Waals surface area contributed by atoms with Crippen molar-refractivity contribution in [2.45, 2.75) is 31.5 Å². The van der Waals surface area contributed by atoms with Crippen molar-refractivity contribution in [2.75, 3.05) is 5.75 Å². The first kappa shape index (κ1) is 24.8. The minimum Gasteiger partial charge on any atom is -0.456 e. The van der Waals surface area contributed by atoms with Crippen LogP contribution in [-0.2, 0) is 25.7 Å². The highest BCUT2D eigenvalue weighted by Gasteiger charge is 2.25. The van der Waals surface area contributed by atoms with Crippen LogP contribution in [0.15, 0.2) is 49.2 Å². The third-order valence-corrected chi connectivity index (χ3v) is 4.42. The summed E-state index contributed by atoms with van der Waals surface area (Å²) in [7, 11) is 0. The van der Waals surface area contributed by atoms with Gasteiger partial charge in [-0.05, 0) is 24.3 Å². The fourth-order valence-electron chi connectivity index (χ4n) is 2.60. The van der Waals surface area contributed by atoms with Gasteiger partial charge in [-0.2, -0.15) is 12.6 Å². The molecule has 32 heavy (non-hydrogen) atoms. The maximum Gasteiger partial charge on any atom is 0.333 e. The Bertz CT molecular complexity index is 966. The molecule has 0 aromatic carbocycles. The van der Waals surface area contributed by atoms with Crippen LogP contribution < -0.4 is 16.0 Å². The number of amides is 3. The second-order valence-corrected chi connectivity index (χ2v) is 7.13. The Balaban J connectivity index is 2.36. The summed E-state index contributed by atoms with van der Waals surface area (Å²) >= 11 is 4.09. The predicted octanol–water partition coefficient (Wildman–Crippen LogP) is 0.943. The smallest absolute Gasteiger partial charge is 0.333 e. The highest BCUT2D eigenvalue weighted by atomic mass is 32.1. The molecule has 3 N–H and O–H groups in total. The van der Waals surface area contributed by atoms with E-state index < -0.39 is 47.4 Å². The molecule has 1 aromatic heterocycles. The fraction of sp³-hybridized carbons (Fsp3) is 0.286. The summed E-state index contributed by atoms with van der Waals surface area (Å²) in [6.07, 6.45) is 3.78. The van der Waals surface area contributed by atoms with Gasteiger partial charge in [0.2, 0.25) is 5.91 Å². The second kappa shape index (κ2) is 11.8. The monoisotopic (exact) mass is 462 g/mol. The SMILES string of the molecule is C=C[C@@H]1NC(=O)C(=C)NC(=O)c2cc(F)cc(n2)CNC(=O)C[C@@H](/C=C/CCS)OC1=O. The van der Waals surface area contributed by atoms with Crippen molar-refractivity contribution in [3.63, 3.8) is 0 Å². The number of carbonyl (C=O) groups excluding carboxylic acids is 4. The van der Waals surface area contributed by atoms with Gasteiger partial charge in [-0.15, -0.1) is 6.58 Å². The molecule has 0 aliphatic carbocycles. The number of hydrogen-bond donors (Lipinski definition) is 4. The van der Waals surface area contributed by atoms with Gasteiger partial charge in [0.05, 0.1) is 24.4 Å². The molecule has 0 unspecified atom stereocenters. The van der Waals surface area contributed by atoms with Crippen molar-refractivity contribution in [1.82, 2.24) is 20.9 Å². The molecule has 0 saturated heterocycles. The lowest BCUT2D eigenvalue weighted by Gasteiger charge is -2.20. The molecule has 1 aliphatic heterocycles. The zero-order chi connectivity index (χ0) is 23.7. The Morgan fingerprint density at radius 3 is 2.69 bits per heavy atom. The van der Waals surface area contributed by atoms with Gasteiger partial charge >= 0.3 is 5.97 Å². The zero-order valence-corrected chi connectivity index (χ0v) is 18.0. The molecular formula is C21H23FN4O5S. The summed E-state index contributed by atoms with van der Waals surface area (Å²) in [5, 5.41) is 7.04. The second-order valence-electron chi connectivity index (χ2n) is 6.68. The number of nitrogens with zero attached hydrogens (tertiary/aromatic N) is 1. The summed E-state index contributed by atoms with van der Waals surface area (Å²) < 4.78 is 19.3. The van der Waals surface area contributed by atoms with Gasteiger partial charge in [0, 0.05) is 6.07 Å². The first-order valence-electron chi connectivity index (χ1n) is 9.58. The Morgan fingerprint density at radius 1 is 1.25 bits per heavy atom. The molecule has 170 valence electrons. The molecule has 1 aromatic rings. The quantitative estimate of drug-likeness (QED) is 0.228. The number of cyclic esters (lactones) is 1. The number of thiol groups is 1. The maximum absolute atomic E-state index is 13.9. The maximum atomic E-state index is 13.9. The number of rotatable bonds is 4. The van der Waals surface area contributed by atoms with Gasteiger partial charge in [0.15, 0.2) is 0 Å². The van der Waals surface area contributed by atoms with Gasteiger partial charge in [-0.1, -0.05) is 18.7 Å². The van der Waals surface area contributed by atoms with Crippen molar-refractivity contribution < 1.29 is 28.3 Å². The van der Waals surface area contributed by atoms with Crippen LogP contribution in [-0.4, -0.2) is 46.6 Å². The molecular weight excluding hydrogens is 439 g/mol. The van der Waals surface area contributed by atoms with Crippen LogP contribution in [0.5, 0.6) is 0 Å². The molecule has 9 nitrogen and oxygen atoms in total. The molecule has 0 saturated carbocycles. The van der Waals surface area contributed by atoms with Crippen molar-refractivity contribution in [3.05, 3.63) is 66.4 Å². The van der Waals surface area contributed by atoms with E-state index in [1.807, 2.05) is 0 Å². The van der Waals surface area contributed by atoms with Crippen LogP contribution in [0, 0.1) is 5.82 Å². The Morgan fingerprint density at radius 2 is 2.00 bits per heavy atom. The van der Waals surface area contributed by atoms with E-state index in [1.165, 1.54) is 6.08 Å². The number of carbonyl (C=O) groups is 4. The first-order chi connectivity index (χ1) is 15.2. The summed E-state index contributed by atoms with van der Waals surface area (Å²) in [5.74, 6) is -3.34. The first-order valence-corrected chi connectivity index (χ1v) is 10.2. The summed E-state index contributed by atoms with van der Waals surface area (Å²) in [5.41, 5.74) is -0.632. The van der Waals surface area contributed by atoms with Gasteiger partial charge in [0.25, 0.3) is 11.8 Å². The Labute approximate surface area is 189 Å². The van der Waals surface area contributed by atoms with Gasteiger partial charge < -0.3 is 20.7 Å². The number of fused-ring (bicyclic) bond motifs is 2. The highest BCUT2D eigenvalue weighted by Crippen LogP contribution is 2.09. The number of ether oxygens (including phenoxy) is 1. The van der Waals surface area contributed by atoms with Crippen molar-refractivity contribution >= 4 is 36.3 Å². The molecule has 0 spiro atoms. The van der Waals surface area contributed by atoms with Crippen molar-refractivity contribution in [2.24, 2.45) is 0 Å². The fourth-order valence-corrected chi connectivity index (χ4v) is 2.74. The number of nitrogens with one attached hydrogen (secondary N) is 3. The molecule has 0 radical (unpaired) electrons. The van der Waals surface area contributed by atoms with Crippen LogP contribution in [0.4, 0.5) is 4.39 Å². The van der Waals surface area contributed by atoms with E-state index in [4.69, 9.17) is 4.74 Å². The van der Waals surface area contributed by atoms with E-state index in [2.05, 4.69) is 46.7 Å².